The third kappa shape index (κ3) is 2.71. The van der Waals surface area contributed by atoms with Crippen molar-refractivity contribution in [1.29, 1.82) is 0 Å². The number of carbonyl (C=O) groups excluding carboxylic acids is 1. The van der Waals surface area contributed by atoms with Gasteiger partial charge in [-0.15, -0.1) is 0 Å². The summed E-state index contributed by atoms with van der Waals surface area (Å²) in [6.07, 6.45) is 2.28. The number of ketones is 1. The van der Waals surface area contributed by atoms with Crippen LogP contribution in [0.15, 0.2) is 66.7 Å². The van der Waals surface area contributed by atoms with Crippen molar-refractivity contribution in [2.45, 2.75) is 19.3 Å². The quantitative estimate of drug-likeness (QED) is 0.755. The van der Waals surface area contributed by atoms with Crippen LogP contribution in [0.2, 0.25) is 0 Å². The number of aromatic hydroxyl groups is 1. The Morgan fingerprint density at radius 1 is 0.833 bits per heavy atom. The molecule has 0 saturated heterocycles. The maximum atomic E-state index is 12.3. The summed E-state index contributed by atoms with van der Waals surface area (Å²) in [6.45, 7) is 0. The molecule has 0 aliphatic heterocycles. The first-order valence-corrected chi connectivity index (χ1v) is 8.23. The van der Waals surface area contributed by atoms with Gasteiger partial charge in [-0.1, -0.05) is 48.5 Å². The molecule has 0 spiro atoms. The molecule has 1 N–H and O–H groups in total. The van der Waals surface area contributed by atoms with E-state index in [1.54, 1.807) is 12.1 Å². The molecule has 118 valence electrons. The molecular formula is C22H18O2. The van der Waals surface area contributed by atoms with E-state index in [-0.39, 0.29) is 11.5 Å². The predicted molar refractivity (Wildman–Crippen MR) is 95.4 cm³/mol. The second-order valence-corrected chi connectivity index (χ2v) is 6.29. The van der Waals surface area contributed by atoms with Crippen LogP contribution >= 0.6 is 0 Å². The first kappa shape index (κ1) is 14.7. The smallest absolute Gasteiger partial charge is 0.163 e. The summed E-state index contributed by atoms with van der Waals surface area (Å²) in [5.74, 6) is 0.487. The number of hydrogen-bond donors (Lipinski definition) is 1. The van der Waals surface area contributed by atoms with E-state index in [1.807, 2.05) is 36.4 Å². The fourth-order valence-electron chi connectivity index (χ4n) is 3.44. The van der Waals surface area contributed by atoms with E-state index in [4.69, 9.17) is 0 Å². The third-order valence-electron chi connectivity index (χ3n) is 4.68. The van der Waals surface area contributed by atoms with Crippen LogP contribution in [0.4, 0.5) is 0 Å². The summed E-state index contributed by atoms with van der Waals surface area (Å²) in [5.41, 5.74) is 6.60. The highest BCUT2D eigenvalue weighted by molar-refractivity contribution is 6.02. The molecule has 1 aliphatic carbocycles. The molecule has 0 fully saturated rings. The molecular weight excluding hydrogens is 296 g/mol. The number of phenols is 1. The van der Waals surface area contributed by atoms with Crippen LogP contribution < -0.4 is 0 Å². The van der Waals surface area contributed by atoms with Crippen LogP contribution in [0.25, 0.3) is 11.1 Å². The minimum absolute atomic E-state index is 0.236. The summed E-state index contributed by atoms with van der Waals surface area (Å²) in [7, 11) is 0. The van der Waals surface area contributed by atoms with Crippen LogP contribution in [0.3, 0.4) is 0 Å². The van der Waals surface area contributed by atoms with Crippen molar-refractivity contribution in [3.05, 3.63) is 89.0 Å². The zero-order valence-electron chi connectivity index (χ0n) is 13.3. The highest BCUT2D eigenvalue weighted by atomic mass is 16.3. The molecule has 0 amide bonds. The van der Waals surface area contributed by atoms with E-state index in [2.05, 4.69) is 18.2 Å². The molecule has 2 heteroatoms. The van der Waals surface area contributed by atoms with Gasteiger partial charge in [-0.25, -0.2) is 0 Å². The van der Waals surface area contributed by atoms with Crippen molar-refractivity contribution in [3.63, 3.8) is 0 Å². The second kappa shape index (κ2) is 5.97. The lowest BCUT2D eigenvalue weighted by Gasteiger charge is -2.12. The largest absolute Gasteiger partial charge is 0.508 e. The molecule has 2 nitrogen and oxygen atoms in total. The van der Waals surface area contributed by atoms with E-state index >= 15 is 0 Å². The zero-order chi connectivity index (χ0) is 16.5. The third-order valence-corrected chi connectivity index (χ3v) is 4.68. The molecule has 0 unspecified atom stereocenters. The zero-order valence-corrected chi connectivity index (χ0v) is 13.3. The van der Waals surface area contributed by atoms with Gasteiger partial charge in [0.1, 0.15) is 5.75 Å². The van der Waals surface area contributed by atoms with Crippen LogP contribution in [0, 0.1) is 0 Å². The molecule has 0 saturated carbocycles. The first-order chi connectivity index (χ1) is 11.7. The SMILES string of the molecule is O=C1CCc2c(Cc3ccccc3)cc(-c3ccc(O)cc3)cc21. The number of carbonyl (C=O) groups is 1. The lowest BCUT2D eigenvalue weighted by atomic mass is 9.92. The van der Waals surface area contributed by atoms with Crippen LogP contribution in [0.1, 0.15) is 33.5 Å². The molecule has 3 aromatic carbocycles. The summed E-state index contributed by atoms with van der Waals surface area (Å²) in [4.78, 5) is 12.3. The van der Waals surface area contributed by atoms with Crippen LogP contribution in [-0.2, 0) is 12.8 Å². The number of Topliss-reactive ketones (excluding diaryl/α,β-unsaturated/α-hetero) is 1. The Kier molecular flexibility index (Phi) is 3.66. The van der Waals surface area contributed by atoms with Crippen molar-refractivity contribution in [1.82, 2.24) is 0 Å². The number of benzene rings is 3. The highest BCUT2D eigenvalue weighted by Crippen LogP contribution is 2.33. The molecule has 0 atom stereocenters. The Labute approximate surface area is 141 Å². The normalized spacial score (nSPS) is 13.1. The van der Waals surface area contributed by atoms with Gasteiger partial charge < -0.3 is 5.11 Å². The van der Waals surface area contributed by atoms with Gasteiger partial charge in [0.05, 0.1) is 0 Å². The Bertz CT molecular complexity index is 893. The van der Waals surface area contributed by atoms with Crippen molar-refractivity contribution in [3.8, 4) is 16.9 Å². The minimum atomic E-state index is 0.236. The average Bonchev–Trinajstić information content (AvgIpc) is 2.98. The van der Waals surface area contributed by atoms with Gasteiger partial charge >= 0.3 is 0 Å². The summed E-state index contributed by atoms with van der Waals surface area (Å²) in [5, 5.41) is 9.50. The lowest BCUT2D eigenvalue weighted by molar-refractivity contribution is 0.0994. The Morgan fingerprint density at radius 2 is 1.58 bits per heavy atom. The standard InChI is InChI=1S/C22H18O2/c23-19-8-6-16(7-9-19)17-13-18(12-15-4-2-1-3-5-15)20-10-11-22(24)21(20)14-17/h1-9,13-14,23H,10-12H2. The molecule has 24 heavy (non-hydrogen) atoms. The van der Waals surface area contributed by atoms with Crippen molar-refractivity contribution < 1.29 is 9.90 Å². The fraction of sp³-hybridized carbons (Fsp3) is 0.136. The van der Waals surface area contributed by atoms with Crippen molar-refractivity contribution >= 4 is 5.78 Å². The maximum Gasteiger partial charge on any atom is 0.163 e. The Morgan fingerprint density at radius 3 is 2.33 bits per heavy atom. The maximum absolute atomic E-state index is 12.3. The Hall–Kier alpha value is -2.87. The molecule has 4 rings (SSSR count). The summed E-state index contributed by atoms with van der Waals surface area (Å²) < 4.78 is 0. The highest BCUT2D eigenvalue weighted by Gasteiger charge is 2.23. The number of hydrogen-bond acceptors (Lipinski definition) is 2. The molecule has 1 aliphatic rings. The van der Waals surface area contributed by atoms with E-state index in [9.17, 15) is 9.90 Å². The van der Waals surface area contributed by atoms with Crippen LogP contribution in [0.5, 0.6) is 5.75 Å². The van der Waals surface area contributed by atoms with Gasteiger partial charge in [0.2, 0.25) is 0 Å². The average molecular weight is 314 g/mol. The lowest BCUT2D eigenvalue weighted by Crippen LogP contribution is -1.98. The molecule has 0 bridgehead atoms. The van der Waals surface area contributed by atoms with Gasteiger partial charge in [0.15, 0.2) is 5.78 Å². The monoisotopic (exact) mass is 314 g/mol. The van der Waals surface area contributed by atoms with E-state index in [0.717, 1.165) is 29.5 Å². The predicted octanol–water partition coefficient (Wildman–Crippen LogP) is 4.78. The topological polar surface area (TPSA) is 37.3 Å². The van der Waals surface area contributed by atoms with Gasteiger partial charge in [0, 0.05) is 12.0 Å². The van der Waals surface area contributed by atoms with Crippen molar-refractivity contribution in [2.24, 2.45) is 0 Å². The molecule has 0 aromatic heterocycles. The van der Waals surface area contributed by atoms with Crippen molar-refractivity contribution in [2.75, 3.05) is 0 Å². The first-order valence-electron chi connectivity index (χ1n) is 8.23. The van der Waals surface area contributed by atoms with Gasteiger partial charge in [-0.3, -0.25) is 4.79 Å². The van der Waals surface area contributed by atoms with E-state index in [1.165, 1.54) is 16.7 Å². The van der Waals surface area contributed by atoms with Gasteiger partial charge in [0.25, 0.3) is 0 Å². The number of rotatable bonds is 3. The van der Waals surface area contributed by atoms with E-state index in [0.29, 0.717) is 6.42 Å². The minimum Gasteiger partial charge on any atom is -0.508 e. The van der Waals surface area contributed by atoms with E-state index < -0.39 is 0 Å². The molecule has 0 radical (unpaired) electrons. The number of phenolic OH excluding ortho intramolecular Hbond substituents is 1. The fourth-order valence-corrected chi connectivity index (χ4v) is 3.44. The molecule has 0 heterocycles. The van der Waals surface area contributed by atoms with Gasteiger partial charge in [-0.05, 0) is 58.9 Å². The molecule has 3 aromatic rings. The summed E-state index contributed by atoms with van der Waals surface area (Å²) in [6, 6.07) is 21.7. The number of fused-ring (bicyclic) bond motifs is 1. The summed E-state index contributed by atoms with van der Waals surface area (Å²) >= 11 is 0. The van der Waals surface area contributed by atoms with Gasteiger partial charge in [-0.2, -0.15) is 0 Å². The van der Waals surface area contributed by atoms with Crippen LogP contribution in [-0.4, -0.2) is 10.9 Å². The second-order valence-electron chi connectivity index (χ2n) is 6.29. The Balaban J connectivity index is 1.82.